The second-order valence-corrected chi connectivity index (χ2v) is 9.87. The van der Waals surface area contributed by atoms with Crippen molar-refractivity contribution in [2.24, 2.45) is 0 Å². The van der Waals surface area contributed by atoms with Crippen molar-refractivity contribution in [3.8, 4) is 23.0 Å². The number of halogens is 1. The number of imidazole rings is 1. The zero-order valence-electron chi connectivity index (χ0n) is 21.2. The molecule has 0 bridgehead atoms. The van der Waals surface area contributed by atoms with Gasteiger partial charge in [-0.05, 0) is 44.2 Å². The van der Waals surface area contributed by atoms with Gasteiger partial charge in [-0.1, -0.05) is 23.7 Å². The third-order valence-electron chi connectivity index (χ3n) is 6.48. The highest BCUT2D eigenvalue weighted by molar-refractivity contribution is 6.33. The smallest absolute Gasteiger partial charge is 0.301 e. The molecule has 4 aromatic rings. The zero-order valence-corrected chi connectivity index (χ0v) is 22.0. The number of morpholine rings is 1. The molecule has 0 saturated carbocycles. The van der Waals surface area contributed by atoms with Crippen molar-refractivity contribution in [1.29, 1.82) is 0 Å². The number of aliphatic hydroxyl groups excluding tert-OH is 1. The monoisotopic (exact) mass is 536 g/mol. The van der Waals surface area contributed by atoms with Crippen LogP contribution in [0.1, 0.15) is 19.5 Å². The maximum Gasteiger partial charge on any atom is 0.301 e. The molecule has 0 aliphatic carbocycles. The lowest BCUT2D eigenvalue weighted by atomic mass is 9.87. The number of nitrogens with one attached hydrogen (secondary N) is 2. The van der Waals surface area contributed by atoms with Crippen LogP contribution in [0.2, 0.25) is 5.02 Å². The molecule has 3 N–H and O–H groups in total. The van der Waals surface area contributed by atoms with Crippen molar-refractivity contribution in [2.75, 3.05) is 44.4 Å². The largest absolute Gasteiger partial charge is 0.424 e. The molecule has 38 heavy (non-hydrogen) atoms. The predicted molar refractivity (Wildman–Crippen MR) is 145 cm³/mol. The number of anilines is 1. The maximum atomic E-state index is 12.4. The first-order chi connectivity index (χ1) is 18.3. The minimum Gasteiger partial charge on any atom is -0.424 e. The van der Waals surface area contributed by atoms with Gasteiger partial charge in [-0.25, -0.2) is 4.98 Å². The number of benzene rings is 1. The minimum atomic E-state index is -0.871. The standard InChI is InChI=1S/C27H29ClN6O4/c1-27(2,25(36)29-9-12-35)22-8-7-19(16-30-22)38-26-31-21-15-20(28)23(32-24(21)33-26)17-3-5-18(6-4-17)34-10-13-37-14-11-34/h3-8,15-16,35H,9-14H2,1-2H3,(H,29,36)(H,31,32,33). The summed E-state index contributed by atoms with van der Waals surface area (Å²) >= 11 is 6.58. The van der Waals surface area contributed by atoms with E-state index in [2.05, 4.69) is 42.3 Å². The summed E-state index contributed by atoms with van der Waals surface area (Å²) in [5.74, 6) is 0.226. The summed E-state index contributed by atoms with van der Waals surface area (Å²) < 4.78 is 11.3. The fraction of sp³-hybridized carbons (Fsp3) is 0.333. The Morgan fingerprint density at radius 3 is 2.63 bits per heavy atom. The number of nitrogens with zero attached hydrogens (tertiary/aromatic N) is 4. The summed E-state index contributed by atoms with van der Waals surface area (Å²) in [6.45, 7) is 6.81. The van der Waals surface area contributed by atoms with Crippen LogP contribution in [0.5, 0.6) is 11.8 Å². The lowest BCUT2D eigenvalue weighted by Gasteiger charge is -2.28. The molecule has 1 aromatic carbocycles. The van der Waals surface area contributed by atoms with Crippen LogP contribution in [-0.2, 0) is 14.9 Å². The van der Waals surface area contributed by atoms with Gasteiger partial charge in [0.05, 0.1) is 53.4 Å². The number of aliphatic hydroxyl groups is 1. The summed E-state index contributed by atoms with van der Waals surface area (Å²) in [7, 11) is 0. The molecule has 1 aliphatic heterocycles. The molecule has 1 saturated heterocycles. The summed E-state index contributed by atoms with van der Waals surface area (Å²) in [5, 5.41) is 12.1. The maximum absolute atomic E-state index is 12.4. The Balaban J connectivity index is 1.32. The van der Waals surface area contributed by atoms with Gasteiger partial charge in [-0.3, -0.25) is 9.78 Å². The van der Waals surface area contributed by atoms with Crippen LogP contribution in [0, 0.1) is 0 Å². The van der Waals surface area contributed by atoms with Crippen LogP contribution in [0.25, 0.3) is 22.4 Å². The van der Waals surface area contributed by atoms with Crippen LogP contribution in [0.3, 0.4) is 0 Å². The third-order valence-corrected chi connectivity index (χ3v) is 6.77. The topological polar surface area (TPSA) is 125 Å². The second-order valence-electron chi connectivity index (χ2n) is 9.46. The highest BCUT2D eigenvalue weighted by Crippen LogP contribution is 2.32. The molecule has 10 nitrogen and oxygen atoms in total. The molecule has 1 fully saturated rings. The molecule has 1 aliphatic rings. The normalized spacial score (nSPS) is 14.1. The highest BCUT2D eigenvalue weighted by atomic mass is 35.5. The summed E-state index contributed by atoms with van der Waals surface area (Å²) in [4.78, 5) is 31.3. The first-order valence-corrected chi connectivity index (χ1v) is 12.8. The number of H-pyrrole nitrogens is 1. The van der Waals surface area contributed by atoms with E-state index in [0.29, 0.717) is 33.3 Å². The number of carbonyl (C=O) groups excluding carboxylic acids is 1. The quantitative estimate of drug-likeness (QED) is 0.311. The van der Waals surface area contributed by atoms with Gasteiger partial charge >= 0.3 is 6.01 Å². The van der Waals surface area contributed by atoms with Gasteiger partial charge in [-0.2, -0.15) is 4.98 Å². The van der Waals surface area contributed by atoms with E-state index in [1.807, 2.05) is 12.1 Å². The number of hydrogen-bond donors (Lipinski definition) is 3. The zero-order chi connectivity index (χ0) is 26.7. The van der Waals surface area contributed by atoms with E-state index >= 15 is 0 Å². The number of fused-ring (bicyclic) bond motifs is 1. The van der Waals surface area contributed by atoms with Crippen molar-refractivity contribution in [1.82, 2.24) is 25.3 Å². The lowest BCUT2D eigenvalue weighted by Crippen LogP contribution is -2.41. The van der Waals surface area contributed by atoms with Crippen molar-refractivity contribution in [3.63, 3.8) is 0 Å². The summed E-state index contributed by atoms with van der Waals surface area (Å²) in [6.07, 6.45) is 1.53. The van der Waals surface area contributed by atoms with Gasteiger partial charge in [0.15, 0.2) is 5.65 Å². The van der Waals surface area contributed by atoms with Gasteiger partial charge in [0, 0.05) is 30.9 Å². The molecule has 4 heterocycles. The molecular weight excluding hydrogens is 508 g/mol. The Labute approximate surface area is 225 Å². The molecule has 0 spiro atoms. The SMILES string of the molecule is CC(C)(C(=O)NCCO)c1ccc(Oc2nc3nc(-c4ccc(N5CCOCC5)cc4)c(Cl)cc3[nH]2)cn1. The number of ether oxygens (including phenoxy) is 2. The highest BCUT2D eigenvalue weighted by Gasteiger charge is 2.31. The molecule has 1 amide bonds. The van der Waals surface area contributed by atoms with E-state index in [9.17, 15) is 4.79 Å². The van der Waals surface area contributed by atoms with Gasteiger partial charge < -0.3 is 29.8 Å². The van der Waals surface area contributed by atoms with E-state index in [1.54, 1.807) is 32.0 Å². The number of pyridine rings is 2. The Morgan fingerprint density at radius 1 is 1.18 bits per heavy atom. The molecule has 0 unspecified atom stereocenters. The number of aromatic amines is 1. The van der Waals surface area contributed by atoms with Crippen LogP contribution < -0.4 is 15.0 Å². The molecule has 0 atom stereocenters. The van der Waals surface area contributed by atoms with E-state index in [4.69, 9.17) is 26.2 Å². The van der Waals surface area contributed by atoms with Crippen molar-refractivity contribution < 1.29 is 19.4 Å². The Kier molecular flexibility index (Phi) is 7.46. The summed E-state index contributed by atoms with van der Waals surface area (Å²) in [5.41, 5.74) is 3.49. The number of rotatable bonds is 8. The van der Waals surface area contributed by atoms with E-state index in [1.165, 1.54) is 6.20 Å². The van der Waals surface area contributed by atoms with Gasteiger partial charge in [-0.15, -0.1) is 0 Å². The first-order valence-electron chi connectivity index (χ1n) is 12.4. The average Bonchev–Trinajstić information content (AvgIpc) is 3.33. The molecule has 198 valence electrons. The Hall–Kier alpha value is -3.73. The van der Waals surface area contributed by atoms with Gasteiger partial charge in [0.1, 0.15) is 5.75 Å². The van der Waals surface area contributed by atoms with Crippen LogP contribution in [-0.4, -0.2) is 70.4 Å². The van der Waals surface area contributed by atoms with Crippen LogP contribution >= 0.6 is 11.6 Å². The number of aromatic nitrogens is 4. The van der Waals surface area contributed by atoms with Gasteiger partial charge in [0.25, 0.3) is 0 Å². The third kappa shape index (κ3) is 5.42. The molecule has 3 aromatic heterocycles. The van der Waals surface area contributed by atoms with Crippen molar-refractivity contribution >= 4 is 34.4 Å². The van der Waals surface area contributed by atoms with E-state index in [-0.39, 0.29) is 25.1 Å². The van der Waals surface area contributed by atoms with E-state index < -0.39 is 5.41 Å². The average molecular weight is 537 g/mol. The summed E-state index contributed by atoms with van der Waals surface area (Å²) in [6, 6.07) is 13.6. The number of amides is 1. The predicted octanol–water partition coefficient (Wildman–Crippen LogP) is 3.69. The van der Waals surface area contributed by atoms with Crippen LogP contribution in [0.4, 0.5) is 5.69 Å². The number of carbonyl (C=O) groups is 1. The molecule has 11 heteroatoms. The van der Waals surface area contributed by atoms with Gasteiger partial charge in [0.2, 0.25) is 5.91 Å². The number of hydrogen-bond acceptors (Lipinski definition) is 8. The fourth-order valence-corrected chi connectivity index (χ4v) is 4.49. The Bertz CT molecular complexity index is 1420. The van der Waals surface area contributed by atoms with Crippen molar-refractivity contribution in [2.45, 2.75) is 19.3 Å². The molecule has 0 radical (unpaired) electrons. The van der Waals surface area contributed by atoms with Crippen molar-refractivity contribution in [3.05, 3.63) is 59.4 Å². The van der Waals surface area contributed by atoms with E-state index in [0.717, 1.165) is 37.6 Å². The first kappa shape index (κ1) is 25.9. The lowest BCUT2D eigenvalue weighted by molar-refractivity contribution is -0.125. The van der Waals surface area contributed by atoms with Crippen LogP contribution in [0.15, 0.2) is 48.7 Å². The molecular formula is C27H29ClN6O4. The minimum absolute atomic E-state index is 0.123. The second kappa shape index (κ2) is 10.9. The Morgan fingerprint density at radius 2 is 1.95 bits per heavy atom. The molecule has 5 rings (SSSR count). The fourth-order valence-electron chi connectivity index (χ4n) is 4.23.